The van der Waals surface area contributed by atoms with Gasteiger partial charge in [-0.1, -0.05) is 50.0 Å². The molecule has 1 aromatic carbocycles. The average Bonchev–Trinajstić information content (AvgIpc) is 3.45. The van der Waals surface area contributed by atoms with Crippen molar-refractivity contribution < 1.29 is 18.6 Å². The van der Waals surface area contributed by atoms with Gasteiger partial charge in [-0.2, -0.15) is 5.10 Å². The topological polar surface area (TPSA) is 75.7 Å². The Balaban J connectivity index is 1.38. The monoisotopic (exact) mass is 524 g/mol. The molecule has 0 bridgehead atoms. The Morgan fingerprint density at radius 2 is 2.03 bits per heavy atom. The van der Waals surface area contributed by atoms with Gasteiger partial charge in [-0.15, -0.1) is 11.3 Å². The predicted molar refractivity (Wildman–Crippen MR) is 144 cm³/mol. The summed E-state index contributed by atoms with van der Waals surface area (Å²) in [6.07, 6.45) is 1.42. The van der Waals surface area contributed by atoms with Gasteiger partial charge >= 0.3 is 5.63 Å². The second kappa shape index (κ2) is 10.4. The summed E-state index contributed by atoms with van der Waals surface area (Å²) in [4.78, 5) is 13.9. The summed E-state index contributed by atoms with van der Waals surface area (Å²) < 4.78 is 26.1. The van der Waals surface area contributed by atoms with Crippen LogP contribution < -0.4 is 5.63 Å². The molecule has 0 saturated heterocycles. The largest absolute Gasteiger partial charge is 0.424 e. The lowest BCUT2D eigenvalue weighted by molar-refractivity contribution is -0.0580. The number of benzene rings is 1. The number of hydrogen-bond donors (Lipinski definition) is 0. The van der Waals surface area contributed by atoms with Gasteiger partial charge in [-0.3, -0.25) is 0 Å². The van der Waals surface area contributed by atoms with E-state index < -0.39 is 14.2 Å². The van der Waals surface area contributed by atoms with Crippen LogP contribution in [0, 0.1) is 6.92 Å². The number of rotatable bonds is 9. The minimum atomic E-state index is -1.13. The highest BCUT2D eigenvalue weighted by Gasteiger charge is 2.29. The molecule has 1 aliphatic rings. The minimum absolute atomic E-state index is 0.338. The molecule has 0 aliphatic carbocycles. The van der Waals surface area contributed by atoms with E-state index in [1.807, 2.05) is 48.1 Å². The SMILES string of the molecule is Cc1c(-c2cc3c4c(oc(=O)c3s2)C(OCc2ccccc2)COC4)cnn1COCC[Si](C)(C)C. The first-order valence-corrected chi connectivity index (χ1v) is 16.8. The van der Waals surface area contributed by atoms with Gasteiger partial charge in [0.05, 0.1) is 26.0 Å². The Morgan fingerprint density at radius 3 is 2.81 bits per heavy atom. The molecule has 36 heavy (non-hydrogen) atoms. The Bertz CT molecular complexity index is 1400. The summed E-state index contributed by atoms with van der Waals surface area (Å²) in [7, 11) is -1.13. The number of aromatic nitrogens is 2. The van der Waals surface area contributed by atoms with Gasteiger partial charge in [0.1, 0.15) is 23.3 Å². The van der Waals surface area contributed by atoms with Crippen LogP contribution >= 0.6 is 11.3 Å². The molecule has 0 amide bonds. The fourth-order valence-electron chi connectivity index (χ4n) is 4.24. The van der Waals surface area contributed by atoms with Gasteiger partial charge in [0.15, 0.2) is 0 Å². The smallest absolute Gasteiger partial charge is 0.354 e. The highest BCUT2D eigenvalue weighted by molar-refractivity contribution is 7.22. The van der Waals surface area contributed by atoms with Crippen molar-refractivity contribution in [1.29, 1.82) is 0 Å². The molecule has 3 aromatic heterocycles. The van der Waals surface area contributed by atoms with E-state index in [-0.39, 0.29) is 5.63 Å². The molecule has 4 aromatic rings. The second-order valence-electron chi connectivity index (χ2n) is 10.4. The van der Waals surface area contributed by atoms with E-state index >= 15 is 0 Å². The lowest BCUT2D eigenvalue weighted by Crippen LogP contribution is -2.22. The quantitative estimate of drug-likeness (QED) is 0.194. The van der Waals surface area contributed by atoms with Gasteiger partial charge < -0.3 is 18.6 Å². The van der Waals surface area contributed by atoms with E-state index in [9.17, 15) is 4.79 Å². The van der Waals surface area contributed by atoms with Crippen molar-refractivity contribution in [2.75, 3.05) is 13.2 Å². The van der Waals surface area contributed by atoms with E-state index in [4.69, 9.17) is 18.6 Å². The van der Waals surface area contributed by atoms with Crippen molar-refractivity contribution in [2.45, 2.75) is 58.7 Å². The van der Waals surface area contributed by atoms with E-state index in [2.05, 4.69) is 30.8 Å². The summed E-state index contributed by atoms with van der Waals surface area (Å²) in [6.45, 7) is 11.4. The molecular weight excluding hydrogens is 492 g/mol. The second-order valence-corrected chi connectivity index (χ2v) is 17.1. The van der Waals surface area contributed by atoms with Crippen LogP contribution in [0.1, 0.15) is 28.7 Å². The molecule has 1 atom stereocenters. The zero-order valence-corrected chi connectivity index (χ0v) is 23.0. The van der Waals surface area contributed by atoms with Crippen molar-refractivity contribution in [3.05, 3.63) is 75.6 Å². The normalized spacial score (nSPS) is 15.9. The molecule has 0 spiro atoms. The molecule has 5 rings (SSSR count). The molecule has 4 heterocycles. The van der Waals surface area contributed by atoms with Gasteiger partial charge in [-0.05, 0) is 24.6 Å². The third-order valence-electron chi connectivity index (χ3n) is 6.42. The number of nitrogens with zero attached hydrogens (tertiary/aromatic N) is 2. The molecule has 0 N–H and O–H groups in total. The van der Waals surface area contributed by atoms with Crippen molar-refractivity contribution in [2.24, 2.45) is 0 Å². The molecule has 0 fully saturated rings. The van der Waals surface area contributed by atoms with Crippen LogP contribution in [-0.4, -0.2) is 31.1 Å². The number of fused-ring (bicyclic) bond motifs is 3. The van der Waals surface area contributed by atoms with Crippen molar-refractivity contribution in [1.82, 2.24) is 9.78 Å². The fraction of sp³-hybridized carbons (Fsp3) is 0.407. The Kier molecular flexibility index (Phi) is 7.27. The van der Waals surface area contributed by atoms with Crippen LogP contribution in [0.15, 0.2) is 51.8 Å². The molecule has 9 heteroatoms. The first-order chi connectivity index (χ1) is 17.3. The number of hydrogen-bond acceptors (Lipinski definition) is 7. The Labute approximate surface area is 215 Å². The van der Waals surface area contributed by atoms with Crippen LogP contribution in [0.25, 0.3) is 20.5 Å². The summed E-state index contributed by atoms with van der Waals surface area (Å²) in [5, 5.41) is 5.40. The van der Waals surface area contributed by atoms with Gasteiger partial charge in [0.2, 0.25) is 0 Å². The summed E-state index contributed by atoms with van der Waals surface area (Å²) in [6, 6.07) is 13.1. The Morgan fingerprint density at radius 1 is 1.22 bits per heavy atom. The van der Waals surface area contributed by atoms with Gasteiger partial charge in [-0.25, -0.2) is 9.48 Å². The van der Waals surface area contributed by atoms with Crippen LogP contribution in [0.5, 0.6) is 0 Å². The molecule has 190 valence electrons. The lowest BCUT2D eigenvalue weighted by atomic mass is 10.0. The van der Waals surface area contributed by atoms with Crippen molar-refractivity contribution in [3.63, 3.8) is 0 Å². The van der Waals surface area contributed by atoms with Gasteiger partial charge in [0, 0.05) is 41.8 Å². The standard InChI is InChI=1S/C27H32N2O5SSi/c1-18-21(13-28-29(18)17-31-10-11-36(2,3)4)24-12-20-22-15-32-16-23(25(22)34-27(30)26(20)35-24)33-14-19-8-6-5-7-9-19/h5-9,12-13,23H,10-11,14-17H2,1-4H3. The minimum Gasteiger partial charge on any atom is -0.424 e. The van der Waals surface area contributed by atoms with Crippen molar-refractivity contribution in [3.8, 4) is 10.4 Å². The van der Waals surface area contributed by atoms with Crippen LogP contribution in [0.2, 0.25) is 25.7 Å². The summed E-state index contributed by atoms with van der Waals surface area (Å²) in [5.74, 6) is 0.572. The number of ether oxygens (including phenoxy) is 3. The zero-order valence-electron chi connectivity index (χ0n) is 21.2. The summed E-state index contributed by atoms with van der Waals surface area (Å²) in [5.41, 5.74) is 3.61. The van der Waals surface area contributed by atoms with Crippen LogP contribution in [-0.2, 0) is 34.2 Å². The molecule has 0 saturated carbocycles. The van der Waals surface area contributed by atoms with Gasteiger partial charge in [0.25, 0.3) is 0 Å². The lowest BCUT2D eigenvalue weighted by Gasteiger charge is -2.24. The summed E-state index contributed by atoms with van der Waals surface area (Å²) >= 11 is 1.43. The third kappa shape index (κ3) is 5.40. The molecule has 1 unspecified atom stereocenters. The molecular formula is C27H32N2O5SSi. The van der Waals surface area contributed by atoms with E-state index in [1.54, 1.807) is 0 Å². The van der Waals surface area contributed by atoms with E-state index in [1.165, 1.54) is 11.3 Å². The highest BCUT2D eigenvalue weighted by Crippen LogP contribution is 2.39. The average molecular weight is 525 g/mol. The van der Waals surface area contributed by atoms with E-state index in [0.717, 1.165) is 45.3 Å². The maximum absolute atomic E-state index is 13.0. The Hall–Kier alpha value is -2.56. The molecule has 1 aliphatic heterocycles. The van der Waals surface area contributed by atoms with Crippen LogP contribution in [0.4, 0.5) is 0 Å². The number of thiophene rings is 1. The van der Waals surface area contributed by atoms with Crippen LogP contribution in [0.3, 0.4) is 0 Å². The zero-order chi connectivity index (χ0) is 25.3. The highest BCUT2D eigenvalue weighted by atomic mass is 32.1. The maximum Gasteiger partial charge on any atom is 0.354 e. The first-order valence-electron chi connectivity index (χ1n) is 12.2. The van der Waals surface area contributed by atoms with Crippen molar-refractivity contribution >= 4 is 29.5 Å². The maximum atomic E-state index is 13.0. The third-order valence-corrected chi connectivity index (χ3v) is 9.28. The predicted octanol–water partition coefficient (Wildman–Crippen LogP) is 6.13. The molecule has 0 radical (unpaired) electrons. The molecule has 7 nitrogen and oxygen atoms in total. The fourth-order valence-corrected chi connectivity index (χ4v) is 6.12. The first kappa shape index (κ1) is 25.1. The van der Waals surface area contributed by atoms with E-state index in [0.29, 0.717) is 37.0 Å².